The summed E-state index contributed by atoms with van der Waals surface area (Å²) in [5.41, 5.74) is 0. The van der Waals surface area contributed by atoms with Crippen molar-refractivity contribution >= 4 is 5.91 Å². The molecule has 1 heterocycles. The molecule has 17 heavy (non-hydrogen) atoms. The molecular weight excluding hydrogens is 224 g/mol. The number of nitrogens with zero attached hydrogens (tertiary/aromatic N) is 4. The van der Waals surface area contributed by atoms with E-state index in [1.807, 2.05) is 0 Å². The van der Waals surface area contributed by atoms with Crippen LogP contribution in [0.2, 0.25) is 0 Å². The number of nitrogens with one attached hydrogen (secondary N) is 2. The van der Waals surface area contributed by atoms with E-state index in [2.05, 4.69) is 26.0 Å². The standard InChI is InChI=1S/C9H18N6O2/c1-7(9(16)10-4-5-17-3)11-6-8-12-14-15(2)13-8/h7,11H,4-6H2,1-3H3,(H,10,16). The van der Waals surface area contributed by atoms with E-state index >= 15 is 0 Å². The molecule has 0 aliphatic carbocycles. The second kappa shape index (κ2) is 6.92. The van der Waals surface area contributed by atoms with Crippen LogP contribution < -0.4 is 10.6 Å². The number of tetrazole rings is 1. The van der Waals surface area contributed by atoms with E-state index in [-0.39, 0.29) is 11.9 Å². The average molecular weight is 242 g/mol. The van der Waals surface area contributed by atoms with Gasteiger partial charge in [-0.25, -0.2) is 0 Å². The number of aryl methyl sites for hydroxylation is 1. The molecule has 0 fully saturated rings. The van der Waals surface area contributed by atoms with E-state index in [4.69, 9.17) is 4.74 Å². The molecule has 1 atom stereocenters. The zero-order valence-corrected chi connectivity index (χ0v) is 10.3. The minimum Gasteiger partial charge on any atom is -0.383 e. The number of aromatic nitrogens is 4. The van der Waals surface area contributed by atoms with Crippen molar-refractivity contribution in [3.63, 3.8) is 0 Å². The number of ether oxygens (including phenoxy) is 1. The molecule has 0 aliphatic heterocycles. The average Bonchev–Trinajstić information content (AvgIpc) is 2.72. The summed E-state index contributed by atoms with van der Waals surface area (Å²) in [6.07, 6.45) is 0. The van der Waals surface area contributed by atoms with Crippen molar-refractivity contribution < 1.29 is 9.53 Å². The van der Waals surface area contributed by atoms with Crippen LogP contribution in [0.5, 0.6) is 0 Å². The van der Waals surface area contributed by atoms with Crippen molar-refractivity contribution in [2.75, 3.05) is 20.3 Å². The van der Waals surface area contributed by atoms with Gasteiger partial charge in [-0.05, 0) is 12.1 Å². The Morgan fingerprint density at radius 3 is 2.94 bits per heavy atom. The van der Waals surface area contributed by atoms with Gasteiger partial charge in [0, 0.05) is 13.7 Å². The summed E-state index contributed by atoms with van der Waals surface area (Å²) in [7, 11) is 3.28. The van der Waals surface area contributed by atoms with Crippen LogP contribution in [0.25, 0.3) is 0 Å². The zero-order valence-electron chi connectivity index (χ0n) is 10.3. The van der Waals surface area contributed by atoms with Gasteiger partial charge in [-0.15, -0.1) is 10.2 Å². The van der Waals surface area contributed by atoms with Crippen LogP contribution in [0, 0.1) is 0 Å². The Hall–Kier alpha value is -1.54. The molecule has 1 unspecified atom stereocenters. The minimum atomic E-state index is -0.310. The largest absolute Gasteiger partial charge is 0.383 e. The maximum absolute atomic E-state index is 11.6. The topological polar surface area (TPSA) is 94.0 Å². The third-order valence-corrected chi connectivity index (χ3v) is 2.11. The summed E-state index contributed by atoms with van der Waals surface area (Å²) in [5, 5.41) is 17.3. The number of rotatable bonds is 7. The highest BCUT2D eigenvalue weighted by molar-refractivity contribution is 5.81. The maximum atomic E-state index is 11.6. The first-order chi connectivity index (χ1) is 8.13. The first kappa shape index (κ1) is 13.5. The molecule has 8 nitrogen and oxygen atoms in total. The van der Waals surface area contributed by atoms with Crippen molar-refractivity contribution in [2.45, 2.75) is 19.5 Å². The van der Waals surface area contributed by atoms with Crippen LogP contribution in [0.15, 0.2) is 0 Å². The molecule has 8 heteroatoms. The molecule has 0 saturated heterocycles. The highest BCUT2D eigenvalue weighted by Crippen LogP contribution is 1.88. The summed E-state index contributed by atoms with van der Waals surface area (Å²) < 4.78 is 4.84. The molecule has 0 aliphatic rings. The van der Waals surface area contributed by atoms with Crippen LogP contribution in [0.1, 0.15) is 12.7 Å². The van der Waals surface area contributed by atoms with Crippen molar-refractivity contribution in [1.82, 2.24) is 30.8 Å². The van der Waals surface area contributed by atoms with E-state index in [9.17, 15) is 4.79 Å². The van der Waals surface area contributed by atoms with E-state index in [0.29, 0.717) is 25.5 Å². The number of hydrogen-bond donors (Lipinski definition) is 2. The van der Waals surface area contributed by atoms with E-state index in [1.54, 1.807) is 21.1 Å². The summed E-state index contributed by atoms with van der Waals surface area (Å²) >= 11 is 0. The molecule has 1 aromatic rings. The molecule has 0 radical (unpaired) electrons. The van der Waals surface area contributed by atoms with E-state index in [1.165, 1.54) is 4.80 Å². The predicted octanol–water partition coefficient (Wildman–Crippen LogP) is -1.55. The molecule has 0 spiro atoms. The van der Waals surface area contributed by atoms with Gasteiger partial charge in [-0.2, -0.15) is 4.80 Å². The van der Waals surface area contributed by atoms with E-state index < -0.39 is 0 Å². The van der Waals surface area contributed by atoms with Gasteiger partial charge in [-0.3, -0.25) is 10.1 Å². The monoisotopic (exact) mass is 242 g/mol. The fourth-order valence-corrected chi connectivity index (χ4v) is 1.16. The van der Waals surface area contributed by atoms with Gasteiger partial charge in [-0.1, -0.05) is 0 Å². The van der Waals surface area contributed by atoms with Gasteiger partial charge >= 0.3 is 0 Å². The normalized spacial score (nSPS) is 12.4. The van der Waals surface area contributed by atoms with Gasteiger partial charge in [0.15, 0.2) is 5.82 Å². The third kappa shape index (κ3) is 4.87. The number of carbonyl (C=O) groups is 1. The second-order valence-electron chi connectivity index (χ2n) is 3.58. The van der Waals surface area contributed by atoms with Crippen LogP contribution in [0.4, 0.5) is 0 Å². The summed E-state index contributed by atoms with van der Waals surface area (Å²) in [4.78, 5) is 12.9. The maximum Gasteiger partial charge on any atom is 0.236 e. The van der Waals surface area contributed by atoms with Crippen molar-refractivity contribution in [3.05, 3.63) is 5.82 Å². The Kier molecular flexibility index (Phi) is 5.50. The van der Waals surface area contributed by atoms with Crippen LogP contribution in [-0.2, 0) is 23.1 Å². The fourth-order valence-electron chi connectivity index (χ4n) is 1.16. The number of hydrogen-bond acceptors (Lipinski definition) is 6. The first-order valence-electron chi connectivity index (χ1n) is 5.36. The molecule has 0 aromatic carbocycles. The Labute approximate surface area is 99.7 Å². The lowest BCUT2D eigenvalue weighted by atomic mass is 10.3. The molecule has 0 saturated carbocycles. The number of amides is 1. The van der Waals surface area contributed by atoms with Gasteiger partial charge in [0.05, 0.1) is 26.2 Å². The van der Waals surface area contributed by atoms with Crippen LogP contribution >= 0.6 is 0 Å². The first-order valence-corrected chi connectivity index (χ1v) is 5.36. The molecule has 1 amide bonds. The Morgan fingerprint density at radius 1 is 1.59 bits per heavy atom. The second-order valence-corrected chi connectivity index (χ2v) is 3.58. The molecule has 2 N–H and O–H groups in total. The quantitative estimate of drug-likeness (QED) is 0.562. The lowest BCUT2D eigenvalue weighted by Crippen LogP contribution is -2.43. The molecular formula is C9H18N6O2. The Balaban J connectivity index is 2.24. The number of carbonyl (C=O) groups excluding carboxylic acids is 1. The molecule has 0 bridgehead atoms. The highest BCUT2D eigenvalue weighted by atomic mass is 16.5. The fraction of sp³-hybridized carbons (Fsp3) is 0.778. The highest BCUT2D eigenvalue weighted by Gasteiger charge is 2.12. The Morgan fingerprint density at radius 2 is 2.35 bits per heavy atom. The molecule has 96 valence electrons. The molecule has 1 rings (SSSR count). The van der Waals surface area contributed by atoms with Gasteiger partial charge < -0.3 is 10.1 Å². The lowest BCUT2D eigenvalue weighted by molar-refractivity contribution is -0.123. The summed E-state index contributed by atoms with van der Waals surface area (Å²) in [6.45, 7) is 3.19. The predicted molar refractivity (Wildman–Crippen MR) is 60.0 cm³/mol. The van der Waals surface area contributed by atoms with Crippen molar-refractivity contribution in [3.8, 4) is 0 Å². The summed E-state index contributed by atoms with van der Waals surface area (Å²) in [6, 6.07) is -0.310. The van der Waals surface area contributed by atoms with Crippen LogP contribution in [0.3, 0.4) is 0 Å². The van der Waals surface area contributed by atoms with Crippen LogP contribution in [-0.4, -0.2) is 52.4 Å². The third-order valence-electron chi connectivity index (χ3n) is 2.11. The van der Waals surface area contributed by atoms with Gasteiger partial charge in [0.1, 0.15) is 0 Å². The van der Waals surface area contributed by atoms with Gasteiger partial charge in [0.2, 0.25) is 5.91 Å². The van der Waals surface area contributed by atoms with Gasteiger partial charge in [0.25, 0.3) is 0 Å². The number of methoxy groups -OCH3 is 1. The van der Waals surface area contributed by atoms with E-state index in [0.717, 1.165) is 0 Å². The smallest absolute Gasteiger partial charge is 0.236 e. The molecule has 1 aromatic heterocycles. The van der Waals surface area contributed by atoms with Crippen molar-refractivity contribution in [2.24, 2.45) is 7.05 Å². The zero-order chi connectivity index (χ0) is 12.7. The lowest BCUT2D eigenvalue weighted by Gasteiger charge is -2.12. The summed E-state index contributed by atoms with van der Waals surface area (Å²) in [5.74, 6) is 0.481. The SMILES string of the molecule is COCCNC(=O)C(C)NCc1nnn(C)n1. The minimum absolute atomic E-state index is 0.0778. The Bertz CT molecular complexity index is 353. The van der Waals surface area contributed by atoms with Crippen molar-refractivity contribution in [1.29, 1.82) is 0 Å².